The Morgan fingerprint density at radius 2 is 1.73 bits per heavy atom. The van der Waals surface area contributed by atoms with E-state index in [0.29, 0.717) is 12.1 Å². The minimum Gasteiger partial charge on any atom is -0.385 e. The predicted octanol–water partition coefficient (Wildman–Crippen LogP) is 7.51. The Hall–Kier alpha value is -3.47. The standard InChI is InChI=1S/C28H27F3N2/c1-17-8-13-25(29)27-26(17)24(19(3)33-27)14-15-32-18(2)20-9-11-21(12-10-20)22-6-5-7-23(16-22)28(4,30)31/h5-13,16,32-33H,2,14-15H2,1,3-4H3. The zero-order valence-corrected chi connectivity index (χ0v) is 19.0. The fourth-order valence-corrected chi connectivity index (χ4v) is 4.23. The van der Waals surface area contributed by atoms with Crippen LogP contribution in [0.25, 0.3) is 27.7 Å². The molecule has 0 fully saturated rings. The average Bonchev–Trinajstić information content (AvgIpc) is 3.13. The van der Waals surface area contributed by atoms with Crippen LogP contribution >= 0.6 is 0 Å². The monoisotopic (exact) mass is 448 g/mol. The molecule has 0 bridgehead atoms. The third-order valence-electron chi connectivity index (χ3n) is 6.08. The Morgan fingerprint density at radius 3 is 2.42 bits per heavy atom. The van der Waals surface area contributed by atoms with Crippen LogP contribution in [0.3, 0.4) is 0 Å². The molecule has 0 atom stereocenters. The third kappa shape index (κ3) is 4.68. The summed E-state index contributed by atoms with van der Waals surface area (Å²) in [6.07, 6.45) is 0.727. The first-order valence-corrected chi connectivity index (χ1v) is 10.9. The van der Waals surface area contributed by atoms with E-state index in [1.807, 2.05) is 44.2 Å². The second-order valence-electron chi connectivity index (χ2n) is 8.54. The summed E-state index contributed by atoms with van der Waals surface area (Å²) in [4.78, 5) is 3.17. The molecule has 0 aliphatic heterocycles. The highest BCUT2D eigenvalue weighted by Crippen LogP contribution is 2.31. The van der Waals surface area contributed by atoms with E-state index in [1.165, 1.54) is 18.2 Å². The highest BCUT2D eigenvalue weighted by molar-refractivity contribution is 5.88. The molecule has 1 heterocycles. The Morgan fingerprint density at radius 1 is 1.00 bits per heavy atom. The minimum atomic E-state index is -2.87. The molecule has 170 valence electrons. The van der Waals surface area contributed by atoms with Gasteiger partial charge in [-0.1, -0.05) is 55.1 Å². The Labute approximate surface area is 192 Å². The third-order valence-corrected chi connectivity index (χ3v) is 6.08. The van der Waals surface area contributed by atoms with Crippen LogP contribution in [0.15, 0.2) is 67.2 Å². The van der Waals surface area contributed by atoms with Crippen molar-refractivity contribution in [2.24, 2.45) is 0 Å². The number of nitrogens with one attached hydrogen (secondary N) is 2. The number of halogens is 3. The van der Waals surface area contributed by atoms with E-state index in [9.17, 15) is 13.2 Å². The number of benzene rings is 3. The van der Waals surface area contributed by atoms with E-state index in [0.717, 1.165) is 57.9 Å². The summed E-state index contributed by atoms with van der Waals surface area (Å²) >= 11 is 0. The molecule has 3 aromatic carbocycles. The van der Waals surface area contributed by atoms with Crippen molar-refractivity contribution in [2.75, 3.05) is 6.54 Å². The molecule has 0 aliphatic carbocycles. The van der Waals surface area contributed by atoms with Gasteiger partial charge in [0.05, 0.1) is 5.52 Å². The van der Waals surface area contributed by atoms with E-state index in [1.54, 1.807) is 12.1 Å². The summed E-state index contributed by atoms with van der Waals surface area (Å²) in [6, 6.07) is 17.4. The van der Waals surface area contributed by atoms with Crippen LogP contribution in [-0.2, 0) is 12.3 Å². The molecule has 33 heavy (non-hydrogen) atoms. The number of aromatic amines is 1. The van der Waals surface area contributed by atoms with Gasteiger partial charge in [0.15, 0.2) is 0 Å². The zero-order chi connectivity index (χ0) is 23.8. The zero-order valence-electron chi connectivity index (χ0n) is 19.0. The Bertz CT molecular complexity index is 1310. The van der Waals surface area contributed by atoms with Crippen LogP contribution in [0.1, 0.15) is 34.9 Å². The fourth-order valence-electron chi connectivity index (χ4n) is 4.23. The fraction of sp³-hybridized carbons (Fsp3) is 0.214. The van der Waals surface area contributed by atoms with Crippen LogP contribution in [0, 0.1) is 19.7 Å². The van der Waals surface area contributed by atoms with Gasteiger partial charge in [-0.25, -0.2) is 13.2 Å². The van der Waals surface area contributed by atoms with Gasteiger partial charge >= 0.3 is 0 Å². The van der Waals surface area contributed by atoms with Gasteiger partial charge < -0.3 is 10.3 Å². The second-order valence-corrected chi connectivity index (χ2v) is 8.54. The molecule has 0 aliphatic rings. The van der Waals surface area contributed by atoms with Crippen LogP contribution in [0.4, 0.5) is 13.2 Å². The van der Waals surface area contributed by atoms with Crippen LogP contribution in [0.5, 0.6) is 0 Å². The van der Waals surface area contributed by atoms with Gasteiger partial charge in [-0.2, -0.15) is 0 Å². The molecular formula is C28H27F3N2. The lowest BCUT2D eigenvalue weighted by Gasteiger charge is -2.13. The molecule has 0 spiro atoms. The van der Waals surface area contributed by atoms with Gasteiger partial charge in [0.1, 0.15) is 5.82 Å². The maximum absolute atomic E-state index is 14.2. The number of hydrogen-bond acceptors (Lipinski definition) is 1. The molecule has 2 N–H and O–H groups in total. The van der Waals surface area contributed by atoms with Gasteiger partial charge in [-0.05, 0) is 60.2 Å². The van der Waals surface area contributed by atoms with Gasteiger partial charge in [-0.3, -0.25) is 0 Å². The van der Waals surface area contributed by atoms with Crippen molar-refractivity contribution in [3.8, 4) is 11.1 Å². The summed E-state index contributed by atoms with van der Waals surface area (Å²) in [6.45, 7) is 9.64. The van der Waals surface area contributed by atoms with Crippen molar-refractivity contribution in [1.82, 2.24) is 10.3 Å². The van der Waals surface area contributed by atoms with E-state index >= 15 is 0 Å². The molecule has 0 unspecified atom stereocenters. The smallest absolute Gasteiger partial charge is 0.270 e. The van der Waals surface area contributed by atoms with E-state index in [-0.39, 0.29) is 11.4 Å². The summed E-state index contributed by atoms with van der Waals surface area (Å²) < 4.78 is 41.5. The van der Waals surface area contributed by atoms with Crippen molar-refractivity contribution in [2.45, 2.75) is 33.1 Å². The topological polar surface area (TPSA) is 27.8 Å². The summed E-state index contributed by atoms with van der Waals surface area (Å²) in [5, 5.41) is 4.30. The molecule has 0 amide bonds. The SMILES string of the molecule is C=C(NCCc1c(C)[nH]c2c(F)ccc(C)c12)c1ccc(-c2cccc(C(C)(F)F)c2)cc1. The predicted molar refractivity (Wildman–Crippen MR) is 130 cm³/mol. The molecule has 0 saturated heterocycles. The van der Waals surface area contributed by atoms with Crippen LogP contribution in [0.2, 0.25) is 0 Å². The van der Waals surface area contributed by atoms with Crippen molar-refractivity contribution in [3.63, 3.8) is 0 Å². The van der Waals surface area contributed by atoms with E-state index in [4.69, 9.17) is 0 Å². The number of alkyl halides is 2. The molecule has 4 aromatic rings. The normalized spacial score (nSPS) is 11.7. The second kappa shape index (κ2) is 8.81. The number of H-pyrrole nitrogens is 1. The van der Waals surface area contributed by atoms with Gasteiger partial charge in [0.25, 0.3) is 5.92 Å². The Kier molecular flexibility index (Phi) is 6.07. The van der Waals surface area contributed by atoms with E-state index in [2.05, 4.69) is 16.9 Å². The van der Waals surface area contributed by atoms with Crippen molar-refractivity contribution in [3.05, 3.63) is 101 Å². The molecule has 5 heteroatoms. The van der Waals surface area contributed by atoms with Gasteiger partial charge in [0.2, 0.25) is 0 Å². The first-order chi connectivity index (χ1) is 15.6. The number of fused-ring (bicyclic) bond motifs is 1. The molecule has 4 rings (SSSR count). The largest absolute Gasteiger partial charge is 0.385 e. The van der Waals surface area contributed by atoms with Crippen molar-refractivity contribution in [1.29, 1.82) is 0 Å². The highest BCUT2D eigenvalue weighted by atomic mass is 19.3. The quantitative estimate of drug-likeness (QED) is 0.301. The number of aromatic nitrogens is 1. The maximum Gasteiger partial charge on any atom is 0.270 e. The summed E-state index contributed by atoms with van der Waals surface area (Å²) in [7, 11) is 0. The lowest BCUT2D eigenvalue weighted by atomic mass is 9.99. The first kappa shape index (κ1) is 22.7. The van der Waals surface area contributed by atoms with E-state index < -0.39 is 5.92 Å². The molecule has 2 nitrogen and oxygen atoms in total. The van der Waals surface area contributed by atoms with Crippen molar-refractivity contribution >= 4 is 16.6 Å². The number of hydrogen-bond donors (Lipinski definition) is 2. The maximum atomic E-state index is 14.2. The number of aryl methyl sites for hydroxylation is 2. The average molecular weight is 449 g/mol. The summed E-state index contributed by atoms with van der Waals surface area (Å²) in [5.41, 5.74) is 6.98. The minimum absolute atomic E-state index is 0.00200. The van der Waals surface area contributed by atoms with Crippen LogP contribution < -0.4 is 5.32 Å². The van der Waals surface area contributed by atoms with Gasteiger partial charge in [-0.15, -0.1) is 0 Å². The summed E-state index contributed by atoms with van der Waals surface area (Å²) in [5.74, 6) is -3.11. The molecular weight excluding hydrogens is 421 g/mol. The molecule has 0 saturated carbocycles. The molecule has 1 aromatic heterocycles. The highest BCUT2D eigenvalue weighted by Gasteiger charge is 2.24. The lowest BCUT2D eigenvalue weighted by molar-refractivity contribution is 0.0175. The Balaban J connectivity index is 1.44. The molecule has 0 radical (unpaired) electrons. The lowest BCUT2D eigenvalue weighted by Crippen LogP contribution is -2.15. The van der Waals surface area contributed by atoms with Crippen LogP contribution in [-0.4, -0.2) is 11.5 Å². The van der Waals surface area contributed by atoms with Gasteiger partial charge in [0, 0.05) is 35.8 Å². The number of rotatable bonds is 7. The first-order valence-electron chi connectivity index (χ1n) is 10.9. The van der Waals surface area contributed by atoms with Crippen molar-refractivity contribution < 1.29 is 13.2 Å².